The van der Waals surface area contributed by atoms with Gasteiger partial charge in [-0.1, -0.05) is 23.5 Å². The fraction of sp³-hybridized carbons (Fsp3) is 0.312. The smallest absolute Gasteiger partial charge is 0.223 e. The van der Waals surface area contributed by atoms with Gasteiger partial charge < -0.3 is 10.1 Å². The molecule has 1 aliphatic rings. The summed E-state index contributed by atoms with van der Waals surface area (Å²) < 4.78 is 5.16. The van der Waals surface area contributed by atoms with E-state index in [9.17, 15) is 9.59 Å². The number of benzene rings is 1. The zero-order valence-corrected chi connectivity index (χ0v) is 13.2. The number of ketones is 1. The first-order valence-electron chi connectivity index (χ1n) is 7.01. The van der Waals surface area contributed by atoms with Gasteiger partial charge in [-0.15, -0.1) is 0 Å². The molecule has 5 nitrogen and oxygen atoms in total. The molecule has 6 heteroatoms. The van der Waals surface area contributed by atoms with Crippen LogP contribution in [0.2, 0.25) is 0 Å². The van der Waals surface area contributed by atoms with Gasteiger partial charge in [-0.2, -0.15) is 0 Å². The first kappa shape index (κ1) is 14.7. The molecule has 0 radical (unpaired) electrons. The predicted molar refractivity (Wildman–Crippen MR) is 84.8 cm³/mol. The first-order chi connectivity index (χ1) is 10.6. The van der Waals surface area contributed by atoms with E-state index in [2.05, 4.69) is 10.3 Å². The largest absolute Gasteiger partial charge is 0.497 e. The number of rotatable bonds is 3. The van der Waals surface area contributed by atoms with Gasteiger partial charge in [0.25, 0.3) is 0 Å². The molecule has 0 fully saturated rings. The molecular formula is C16H16N2O3S. The van der Waals surface area contributed by atoms with Gasteiger partial charge in [0.15, 0.2) is 10.9 Å². The van der Waals surface area contributed by atoms with E-state index < -0.39 is 0 Å². The maximum absolute atomic E-state index is 12.3. The summed E-state index contributed by atoms with van der Waals surface area (Å²) in [6.45, 7) is 1.43. The second kappa shape index (κ2) is 5.88. The first-order valence-corrected chi connectivity index (χ1v) is 7.83. The van der Waals surface area contributed by atoms with Gasteiger partial charge in [-0.3, -0.25) is 9.59 Å². The van der Waals surface area contributed by atoms with Crippen molar-refractivity contribution in [3.63, 3.8) is 0 Å². The fourth-order valence-corrected chi connectivity index (χ4v) is 3.63. The molecule has 0 unspecified atom stereocenters. The second-order valence-electron chi connectivity index (χ2n) is 5.28. The zero-order valence-electron chi connectivity index (χ0n) is 12.4. The highest BCUT2D eigenvalue weighted by Gasteiger charge is 2.30. The maximum atomic E-state index is 12.3. The highest BCUT2D eigenvalue weighted by molar-refractivity contribution is 7.17. The molecule has 1 aliphatic carbocycles. The molecule has 3 rings (SSSR count). The van der Waals surface area contributed by atoms with Crippen LogP contribution >= 0.6 is 11.3 Å². The predicted octanol–water partition coefficient (Wildman–Crippen LogP) is 3.02. The number of methoxy groups -OCH3 is 1. The number of Topliss-reactive ketones (excluding diaryl/α,β-unsaturated/α-hetero) is 1. The van der Waals surface area contributed by atoms with E-state index >= 15 is 0 Å². The third-order valence-corrected chi connectivity index (χ3v) is 4.75. The van der Waals surface area contributed by atoms with Gasteiger partial charge in [0.1, 0.15) is 5.75 Å². The summed E-state index contributed by atoms with van der Waals surface area (Å²) in [7, 11) is 1.63. The van der Waals surface area contributed by atoms with Crippen molar-refractivity contribution in [3.05, 3.63) is 40.4 Å². The molecule has 1 aromatic heterocycles. The number of hydrogen-bond acceptors (Lipinski definition) is 5. The number of amides is 1. The average Bonchev–Trinajstić information content (AvgIpc) is 2.89. The summed E-state index contributed by atoms with van der Waals surface area (Å²) >= 11 is 1.26. The van der Waals surface area contributed by atoms with Gasteiger partial charge in [0.05, 0.1) is 17.7 Å². The molecular weight excluding hydrogens is 300 g/mol. The number of fused-ring (bicyclic) bond motifs is 1. The number of aromatic nitrogens is 1. The van der Waals surface area contributed by atoms with Crippen molar-refractivity contribution in [2.24, 2.45) is 0 Å². The number of hydrogen-bond donors (Lipinski definition) is 1. The van der Waals surface area contributed by atoms with Gasteiger partial charge in [-0.25, -0.2) is 4.98 Å². The summed E-state index contributed by atoms with van der Waals surface area (Å²) in [4.78, 5) is 28.5. The molecule has 1 heterocycles. The van der Waals surface area contributed by atoms with Crippen LogP contribution in [0, 0.1) is 0 Å². The lowest BCUT2D eigenvalue weighted by Gasteiger charge is -2.20. The summed E-state index contributed by atoms with van der Waals surface area (Å²) in [5, 5.41) is 3.15. The minimum atomic E-state index is -0.176. The monoisotopic (exact) mass is 316 g/mol. The number of carbonyl (C=O) groups is 2. The lowest BCUT2D eigenvalue weighted by Crippen LogP contribution is -2.17. The number of carbonyl (C=O) groups excluding carboxylic acids is 2. The Morgan fingerprint density at radius 1 is 1.32 bits per heavy atom. The Kier molecular flexibility index (Phi) is 3.94. The molecule has 0 bridgehead atoms. The van der Waals surface area contributed by atoms with Crippen LogP contribution in [0.5, 0.6) is 5.75 Å². The second-order valence-corrected chi connectivity index (χ2v) is 6.28. The van der Waals surface area contributed by atoms with Crippen LogP contribution in [-0.4, -0.2) is 23.8 Å². The third-order valence-electron chi connectivity index (χ3n) is 3.69. The SMILES string of the molecule is COc1ccc([C@H]2CC(=O)c3sc(NC(C)=O)nc3C2)cc1. The molecule has 22 heavy (non-hydrogen) atoms. The van der Waals surface area contributed by atoms with E-state index in [0.717, 1.165) is 17.0 Å². The third kappa shape index (κ3) is 2.87. The van der Waals surface area contributed by atoms with Crippen molar-refractivity contribution in [1.82, 2.24) is 4.98 Å². The lowest BCUT2D eigenvalue weighted by molar-refractivity contribution is -0.114. The fourth-order valence-electron chi connectivity index (χ4n) is 2.65. The molecule has 114 valence electrons. The van der Waals surface area contributed by atoms with Crippen molar-refractivity contribution in [1.29, 1.82) is 0 Å². The number of ether oxygens (including phenoxy) is 1. The number of thiazole rings is 1. The zero-order chi connectivity index (χ0) is 15.7. The van der Waals surface area contributed by atoms with Gasteiger partial charge in [-0.05, 0) is 30.0 Å². The molecule has 1 aromatic carbocycles. The molecule has 2 aromatic rings. The van der Waals surface area contributed by atoms with Crippen molar-refractivity contribution in [2.75, 3.05) is 12.4 Å². The summed E-state index contributed by atoms with van der Waals surface area (Å²) in [6, 6.07) is 7.78. The Morgan fingerprint density at radius 2 is 2.05 bits per heavy atom. The molecule has 0 aliphatic heterocycles. The molecule has 0 saturated carbocycles. The van der Waals surface area contributed by atoms with Crippen LogP contribution in [0.25, 0.3) is 0 Å². The lowest BCUT2D eigenvalue weighted by atomic mass is 9.84. The molecule has 1 N–H and O–H groups in total. The van der Waals surface area contributed by atoms with Crippen LogP contribution in [0.3, 0.4) is 0 Å². The highest BCUT2D eigenvalue weighted by atomic mass is 32.1. The Balaban J connectivity index is 1.84. The van der Waals surface area contributed by atoms with E-state index in [1.807, 2.05) is 24.3 Å². The molecule has 1 amide bonds. The van der Waals surface area contributed by atoms with E-state index in [4.69, 9.17) is 4.74 Å². The van der Waals surface area contributed by atoms with Crippen LogP contribution in [0.15, 0.2) is 24.3 Å². The Morgan fingerprint density at radius 3 is 2.68 bits per heavy atom. The minimum absolute atomic E-state index is 0.0937. The minimum Gasteiger partial charge on any atom is -0.497 e. The number of anilines is 1. The van der Waals surface area contributed by atoms with Crippen molar-refractivity contribution >= 4 is 28.2 Å². The molecule has 0 saturated heterocycles. The summed E-state index contributed by atoms with van der Waals surface area (Å²) in [6.07, 6.45) is 1.19. The van der Waals surface area contributed by atoms with E-state index in [1.165, 1.54) is 18.3 Å². The van der Waals surface area contributed by atoms with Crippen LogP contribution in [0.4, 0.5) is 5.13 Å². The number of nitrogens with one attached hydrogen (secondary N) is 1. The van der Waals surface area contributed by atoms with Gasteiger partial charge >= 0.3 is 0 Å². The standard InChI is InChI=1S/C16H16N2O3S/c1-9(19)17-16-18-13-7-11(8-14(20)15(13)22-16)10-3-5-12(21-2)6-4-10/h3-6,11H,7-8H2,1-2H3,(H,17,18,19)/t11-/m1/s1. The normalized spacial score (nSPS) is 17.0. The van der Waals surface area contributed by atoms with Gasteiger partial charge in [0, 0.05) is 13.3 Å². The average molecular weight is 316 g/mol. The van der Waals surface area contributed by atoms with Crippen molar-refractivity contribution in [2.45, 2.75) is 25.7 Å². The van der Waals surface area contributed by atoms with Crippen molar-refractivity contribution in [3.8, 4) is 5.75 Å². The molecule has 0 spiro atoms. The Bertz CT molecular complexity index is 721. The maximum Gasteiger partial charge on any atom is 0.223 e. The Hall–Kier alpha value is -2.21. The Labute approximate surface area is 132 Å². The van der Waals surface area contributed by atoms with E-state index in [0.29, 0.717) is 22.9 Å². The highest BCUT2D eigenvalue weighted by Crippen LogP contribution is 2.37. The van der Waals surface area contributed by atoms with Crippen molar-refractivity contribution < 1.29 is 14.3 Å². The van der Waals surface area contributed by atoms with Crippen LogP contribution < -0.4 is 10.1 Å². The topological polar surface area (TPSA) is 68.3 Å². The van der Waals surface area contributed by atoms with Crippen LogP contribution in [0.1, 0.15) is 40.2 Å². The summed E-state index contributed by atoms with van der Waals surface area (Å²) in [5.41, 5.74) is 1.89. The summed E-state index contributed by atoms with van der Waals surface area (Å²) in [5.74, 6) is 0.841. The number of nitrogens with zero attached hydrogens (tertiary/aromatic N) is 1. The van der Waals surface area contributed by atoms with E-state index in [-0.39, 0.29) is 17.6 Å². The van der Waals surface area contributed by atoms with Crippen LogP contribution in [-0.2, 0) is 11.2 Å². The quantitative estimate of drug-likeness (QED) is 0.945. The van der Waals surface area contributed by atoms with E-state index in [1.54, 1.807) is 7.11 Å². The van der Waals surface area contributed by atoms with Gasteiger partial charge in [0.2, 0.25) is 5.91 Å². The molecule has 1 atom stereocenters.